The number of benzene rings is 8. The second-order valence-electron chi connectivity index (χ2n) is 13.8. The quantitative estimate of drug-likeness (QED) is 0.188. The van der Waals surface area contributed by atoms with Crippen LogP contribution in [0.15, 0.2) is 175 Å². The fourth-order valence-electron chi connectivity index (χ4n) is 8.84. The molecule has 4 heteroatoms. The van der Waals surface area contributed by atoms with Crippen molar-refractivity contribution in [3.63, 3.8) is 0 Å². The summed E-state index contributed by atoms with van der Waals surface area (Å²) in [5, 5.41) is 12.2. The molecule has 0 fully saturated rings. The average Bonchev–Trinajstić information content (AvgIpc) is 3.68. The molecule has 0 heterocycles. The van der Waals surface area contributed by atoms with Crippen molar-refractivity contribution in [1.29, 1.82) is 0 Å². The van der Waals surface area contributed by atoms with Crippen LogP contribution in [0.25, 0.3) is 42.0 Å². The van der Waals surface area contributed by atoms with Crippen molar-refractivity contribution in [1.82, 2.24) is 0 Å². The molecule has 2 aliphatic carbocycles. The van der Waals surface area contributed by atoms with Crippen molar-refractivity contribution in [3.05, 3.63) is 218 Å². The monoisotopic (exact) mass is 809 g/mol. The van der Waals surface area contributed by atoms with E-state index in [0.29, 0.717) is 0 Å². The largest absolute Gasteiger partial charge is 1.00 e. The predicted octanol–water partition coefficient (Wildman–Crippen LogP) is 3.66. The van der Waals surface area contributed by atoms with E-state index in [2.05, 4.69) is 183 Å². The summed E-state index contributed by atoms with van der Waals surface area (Å²) in [6.45, 7) is 2.37. The summed E-state index contributed by atoms with van der Waals surface area (Å²) >= 11 is 1.46. The molecule has 0 saturated heterocycles. The molecule has 0 spiro atoms. The maximum Gasteiger partial charge on any atom is -1.00 e. The molecule has 0 aliphatic heterocycles. The van der Waals surface area contributed by atoms with Gasteiger partial charge in [-0.1, -0.05) is 6.07 Å². The van der Waals surface area contributed by atoms with Gasteiger partial charge < -0.3 is 24.8 Å². The first-order valence-corrected chi connectivity index (χ1v) is 20.5. The molecule has 0 radical (unpaired) electrons. The predicted molar refractivity (Wildman–Crippen MR) is 212 cm³/mol. The molecule has 0 saturated carbocycles. The van der Waals surface area contributed by atoms with Crippen LogP contribution in [0.4, 0.5) is 0 Å². The van der Waals surface area contributed by atoms with Gasteiger partial charge in [-0.3, -0.25) is 0 Å². The van der Waals surface area contributed by atoms with E-state index in [9.17, 15) is 0 Å². The summed E-state index contributed by atoms with van der Waals surface area (Å²) in [4.78, 5) is 1.50. The number of hydrogen-bond donors (Lipinski definition) is 0. The Labute approximate surface area is 338 Å². The molecule has 0 aromatic heterocycles. The van der Waals surface area contributed by atoms with E-state index in [4.69, 9.17) is 0 Å². The van der Waals surface area contributed by atoms with Gasteiger partial charge in [0, 0.05) is 0 Å². The SMILES string of the molecule is CC1=Cc2c(-c3cc4ccccc4c4ccccc34)cccc2C1c1c2c(ccc1=[Si](c1ccccc1)c1ccccc1)=c1ccccc1=[C]2[Zr+2].[Cl-].[Cl-]. The molecule has 251 valence electrons. The molecule has 0 N–H and O–H groups in total. The van der Waals surface area contributed by atoms with Crippen LogP contribution in [0.3, 0.4) is 0 Å². The van der Waals surface area contributed by atoms with E-state index >= 15 is 0 Å². The Morgan fingerprint density at radius 3 is 1.83 bits per heavy atom. The first-order chi connectivity index (χ1) is 25.2. The Morgan fingerprint density at radius 2 is 1.11 bits per heavy atom. The van der Waals surface area contributed by atoms with Gasteiger partial charge in [0.25, 0.3) is 0 Å². The fourth-order valence-corrected chi connectivity index (χ4v) is 12.8. The Balaban J connectivity index is 0.00000200. The third kappa shape index (κ3) is 5.71. The zero-order chi connectivity index (χ0) is 34.1. The standard InChI is InChI=1S/C49H33Si.2ClH.Zr/c1-32-29-44-41(45-30-33-15-8-10-21-37(33)39-23-12-13-24-40(39)45)25-14-26-43(44)48(32)49-46-31-34-16-9-11-22-38(34)42(46)27-28-47(49)50(35-17-4-2-5-18-35)36-19-6-3-7-20-36;;;/h2-30,48H,1H3;2*1H;/q;;;+2/p-2. The third-order valence-corrected chi connectivity index (χ3v) is 15.1. The van der Waals surface area contributed by atoms with Crippen molar-refractivity contribution in [2.24, 2.45) is 0 Å². The van der Waals surface area contributed by atoms with Gasteiger partial charge in [-0.15, -0.1) is 0 Å². The van der Waals surface area contributed by atoms with Crippen LogP contribution in [-0.4, -0.2) is 8.41 Å². The second-order valence-corrected chi connectivity index (χ2v) is 17.5. The van der Waals surface area contributed by atoms with Gasteiger partial charge in [0.15, 0.2) is 0 Å². The Hall–Kier alpha value is -4.43. The molecule has 0 bridgehead atoms. The summed E-state index contributed by atoms with van der Waals surface area (Å²) in [7, 11) is -1.34. The average molecular weight is 812 g/mol. The van der Waals surface area contributed by atoms with E-state index in [1.807, 2.05) is 0 Å². The molecule has 53 heavy (non-hydrogen) atoms. The van der Waals surface area contributed by atoms with Crippen molar-refractivity contribution in [3.8, 4) is 11.1 Å². The van der Waals surface area contributed by atoms with Crippen LogP contribution < -0.4 is 40.4 Å². The minimum absolute atomic E-state index is 0. The summed E-state index contributed by atoms with van der Waals surface area (Å²) < 4.78 is 1.48. The minimum Gasteiger partial charge on any atom is -1.00 e. The first kappa shape index (κ1) is 35.6. The van der Waals surface area contributed by atoms with Crippen molar-refractivity contribution < 1.29 is 49.5 Å². The maximum atomic E-state index is 2.50. The Kier molecular flexibility index (Phi) is 9.69. The van der Waals surface area contributed by atoms with Crippen LogP contribution in [0.5, 0.6) is 0 Å². The van der Waals surface area contributed by atoms with Crippen molar-refractivity contribution in [2.45, 2.75) is 12.8 Å². The molecule has 8 aromatic carbocycles. The summed E-state index contributed by atoms with van der Waals surface area (Å²) in [5.41, 5.74) is 9.79. The summed E-state index contributed by atoms with van der Waals surface area (Å²) in [6.07, 6.45) is 2.50. The van der Waals surface area contributed by atoms with Crippen LogP contribution in [0.1, 0.15) is 35.1 Å². The molecular weight excluding hydrogens is 779 g/mol. The van der Waals surface area contributed by atoms with Crippen molar-refractivity contribution >= 4 is 49.7 Å². The number of hydrogen-bond acceptors (Lipinski definition) is 0. The Bertz CT molecular complexity index is 2950. The van der Waals surface area contributed by atoms with Crippen LogP contribution in [0, 0.1) is 15.3 Å². The van der Waals surface area contributed by atoms with E-state index < -0.39 is 8.41 Å². The first-order valence-electron chi connectivity index (χ1n) is 17.7. The Morgan fingerprint density at radius 1 is 0.509 bits per heavy atom. The minimum atomic E-state index is -1.34. The molecule has 10 rings (SSSR count). The molecule has 8 aromatic rings. The van der Waals surface area contributed by atoms with E-state index in [-0.39, 0.29) is 30.7 Å². The summed E-state index contributed by atoms with van der Waals surface area (Å²) in [6, 6.07) is 63.8. The zero-order valence-corrected chi connectivity index (χ0v) is 34.0. The number of fused-ring (bicyclic) bond motifs is 6. The normalized spacial score (nSPS) is 13.8. The van der Waals surface area contributed by atoms with Gasteiger partial charge in [-0.2, -0.15) is 0 Å². The van der Waals surface area contributed by atoms with Gasteiger partial charge in [-0.25, -0.2) is 0 Å². The molecule has 1 unspecified atom stereocenters. The topological polar surface area (TPSA) is 0 Å². The van der Waals surface area contributed by atoms with E-state index in [1.54, 1.807) is 0 Å². The maximum absolute atomic E-state index is 2.50. The smallest absolute Gasteiger partial charge is 1.00 e. The molecule has 0 amide bonds. The van der Waals surface area contributed by atoms with Gasteiger partial charge >= 0.3 is 310 Å². The molecule has 0 nitrogen and oxygen atoms in total. The van der Waals surface area contributed by atoms with E-state index in [0.717, 1.165) is 0 Å². The number of allylic oxidation sites excluding steroid dienone is 1. The van der Waals surface area contributed by atoms with Crippen molar-refractivity contribution in [2.75, 3.05) is 0 Å². The van der Waals surface area contributed by atoms with Crippen LogP contribution in [-0.2, 0) is 24.7 Å². The van der Waals surface area contributed by atoms with Crippen LogP contribution in [0.2, 0.25) is 0 Å². The zero-order valence-electron chi connectivity index (χ0n) is 29.1. The number of halogens is 2. The van der Waals surface area contributed by atoms with Crippen LogP contribution >= 0.6 is 0 Å². The van der Waals surface area contributed by atoms with Gasteiger partial charge in [0.1, 0.15) is 0 Å². The second kappa shape index (κ2) is 14.4. The van der Waals surface area contributed by atoms with Gasteiger partial charge in [0.05, 0.1) is 0 Å². The fraction of sp³-hybridized carbons (Fsp3) is 0.0408. The summed E-state index contributed by atoms with van der Waals surface area (Å²) in [5.74, 6) is 0.161. The third-order valence-electron chi connectivity index (χ3n) is 11.0. The van der Waals surface area contributed by atoms with Gasteiger partial charge in [0.2, 0.25) is 0 Å². The number of rotatable bonds is 4. The van der Waals surface area contributed by atoms with Gasteiger partial charge in [-0.05, 0) is 0 Å². The molecular formula is C49H33Cl2SiZr. The molecule has 2 aliphatic rings. The van der Waals surface area contributed by atoms with E-state index in [1.165, 1.54) is 119 Å². The molecule has 1 atom stereocenters.